The molecule has 0 radical (unpaired) electrons. The Balaban J connectivity index is 3.36. The molecule has 0 saturated heterocycles. The van der Waals surface area contributed by atoms with Crippen LogP contribution in [0.4, 0.5) is 0 Å². The van der Waals surface area contributed by atoms with Gasteiger partial charge in [0.1, 0.15) is 0 Å². The first kappa shape index (κ1) is 82.8. The van der Waals surface area contributed by atoms with E-state index in [-0.39, 0.29) is 18.5 Å². The molecule has 500 valence electrons. The minimum absolute atomic E-state index is 0.0156. The van der Waals surface area contributed by atoms with Crippen molar-refractivity contribution in [2.75, 3.05) is 13.2 Å². The van der Waals surface area contributed by atoms with Gasteiger partial charge in [-0.25, -0.2) is 0 Å². The van der Waals surface area contributed by atoms with E-state index in [4.69, 9.17) is 4.74 Å². The minimum atomic E-state index is -0.842. The van der Waals surface area contributed by atoms with Crippen LogP contribution in [0.5, 0.6) is 0 Å². The van der Waals surface area contributed by atoms with Gasteiger partial charge in [-0.15, -0.1) is 0 Å². The van der Waals surface area contributed by atoms with Gasteiger partial charge in [0.2, 0.25) is 5.91 Å². The second-order valence-electron chi connectivity index (χ2n) is 26.3. The molecule has 0 heterocycles. The van der Waals surface area contributed by atoms with Gasteiger partial charge in [-0.2, -0.15) is 0 Å². The van der Waals surface area contributed by atoms with Crippen LogP contribution in [0.3, 0.4) is 0 Å². The summed E-state index contributed by atoms with van der Waals surface area (Å²) in [6.07, 6.45) is 98.0. The molecule has 1 amide bonds. The first-order chi connectivity index (χ1) is 42.0. The number of carbonyl (C=O) groups is 2. The van der Waals surface area contributed by atoms with E-state index in [9.17, 15) is 19.8 Å². The maximum Gasteiger partial charge on any atom is 0.305 e. The van der Waals surface area contributed by atoms with Crippen molar-refractivity contribution in [2.45, 2.75) is 431 Å². The fourth-order valence-corrected chi connectivity index (χ4v) is 12.0. The van der Waals surface area contributed by atoms with E-state index in [1.165, 1.54) is 340 Å². The number of rotatable bonds is 72. The van der Waals surface area contributed by atoms with Crippen molar-refractivity contribution in [2.24, 2.45) is 0 Å². The van der Waals surface area contributed by atoms with Gasteiger partial charge in [-0.1, -0.05) is 364 Å². The second kappa shape index (κ2) is 74.3. The zero-order valence-corrected chi connectivity index (χ0v) is 57.4. The van der Waals surface area contributed by atoms with E-state index in [2.05, 4.69) is 55.6 Å². The summed E-state index contributed by atoms with van der Waals surface area (Å²) in [5.41, 5.74) is 0. The van der Waals surface area contributed by atoms with E-state index in [1.807, 2.05) is 6.08 Å². The van der Waals surface area contributed by atoms with E-state index < -0.39 is 12.1 Å². The van der Waals surface area contributed by atoms with Crippen molar-refractivity contribution in [1.29, 1.82) is 0 Å². The van der Waals surface area contributed by atoms with Crippen molar-refractivity contribution in [1.82, 2.24) is 5.32 Å². The fraction of sp³-hybridized carbons (Fsp3) is 0.873. The van der Waals surface area contributed by atoms with Crippen LogP contribution in [0.15, 0.2) is 48.6 Å². The molecule has 0 saturated carbocycles. The van der Waals surface area contributed by atoms with Crippen LogP contribution in [-0.4, -0.2) is 47.4 Å². The number of allylic oxidation sites excluding steroid dienone is 7. The van der Waals surface area contributed by atoms with Crippen LogP contribution in [0.1, 0.15) is 418 Å². The molecule has 2 atom stereocenters. The van der Waals surface area contributed by atoms with Crippen LogP contribution in [-0.2, 0) is 14.3 Å². The van der Waals surface area contributed by atoms with Crippen molar-refractivity contribution >= 4 is 11.9 Å². The molecule has 6 heteroatoms. The number of carbonyl (C=O) groups excluding carboxylic acids is 2. The number of aliphatic hydroxyl groups excluding tert-OH is 2. The number of hydrogen-bond acceptors (Lipinski definition) is 5. The quantitative estimate of drug-likeness (QED) is 0.0320. The summed E-state index contributed by atoms with van der Waals surface area (Å²) in [6, 6.07) is -0.626. The van der Waals surface area contributed by atoms with Gasteiger partial charge in [0.15, 0.2) is 0 Å². The van der Waals surface area contributed by atoms with E-state index in [0.29, 0.717) is 19.4 Å². The monoisotopic (exact) mass is 1190 g/mol. The van der Waals surface area contributed by atoms with Gasteiger partial charge in [0.05, 0.1) is 25.4 Å². The van der Waals surface area contributed by atoms with Gasteiger partial charge < -0.3 is 20.3 Å². The molecule has 0 bridgehead atoms. The highest BCUT2D eigenvalue weighted by Crippen LogP contribution is 2.19. The normalized spacial score (nSPS) is 12.8. The molecule has 0 fully saturated rings. The smallest absolute Gasteiger partial charge is 0.305 e. The third kappa shape index (κ3) is 70.8. The van der Waals surface area contributed by atoms with Crippen molar-refractivity contribution in [3.8, 4) is 0 Å². The summed E-state index contributed by atoms with van der Waals surface area (Å²) in [5.74, 6) is -0.0479. The molecule has 2 unspecified atom stereocenters. The number of esters is 1. The summed E-state index contributed by atoms with van der Waals surface area (Å²) in [5, 5.41) is 23.2. The highest BCUT2D eigenvalue weighted by atomic mass is 16.5. The molecule has 0 spiro atoms. The molecule has 0 aliphatic heterocycles. The second-order valence-corrected chi connectivity index (χ2v) is 26.3. The Morgan fingerprint density at radius 1 is 0.329 bits per heavy atom. The van der Waals surface area contributed by atoms with Gasteiger partial charge in [0, 0.05) is 12.8 Å². The number of hydrogen-bond donors (Lipinski definition) is 3. The van der Waals surface area contributed by atoms with Crippen LogP contribution < -0.4 is 5.32 Å². The third-order valence-electron chi connectivity index (χ3n) is 17.8. The number of unbranched alkanes of at least 4 members (excludes halogenated alkanes) is 55. The standard InChI is InChI=1S/C79H149NO5/c1-3-5-7-9-11-13-15-17-19-41-45-49-53-57-61-65-69-73-79(84)85-74-70-66-62-58-54-50-46-43-40-38-36-34-32-30-28-26-24-22-20-21-23-25-27-29-31-33-35-37-39-42-44-48-52-56-60-64-68-72-78(83)80-76(75-81)77(82)71-67-63-59-55-51-47-18-16-14-12-10-8-6-4-2/h17,19-20,22,26,28,67,71,76-77,81-82H,3-16,18,21,23-25,27,29-66,68-70,72-75H2,1-2H3,(H,80,83)/b19-17-,22-20-,28-26-,71-67+. The lowest BCUT2D eigenvalue weighted by Gasteiger charge is -2.20. The molecule has 0 aromatic carbocycles. The molecular formula is C79H149NO5. The lowest BCUT2D eigenvalue weighted by atomic mass is 10.0. The number of amides is 1. The number of ether oxygens (including phenoxy) is 1. The largest absolute Gasteiger partial charge is 0.466 e. The maximum atomic E-state index is 12.5. The van der Waals surface area contributed by atoms with E-state index in [0.717, 1.165) is 51.4 Å². The van der Waals surface area contributed by atoms with Gasteiger partial charge in [-0.05, 0) is 89.9 Å². The predicted octanol–water partition coefficient (Wildman–Crippen LogP) is 25.2. The van der Waals surface area contributed by atoms with Crippen LogP contribution in [0.25, 0.3) is 0 Å². The van der Waals surface area contributed by atoms with Crippen molar-refractivity contribution < 1.29 is 24.5 Å². The van der Waals surface area contributed by atoms with E-state index >= 15 is 0 Å². The molecule has 85 heavy (non-hydrogen) atoms. The Labute approximate surface area is 531 Å². The molecule has 0 rings (SSSR count). The Morgan fingerprint density at radius 2 is 0.588 bits per heavy atom. The minimum Gasteiger partial charge on any atom is -0.466 e. The van der Waals surface area contributed by atoms with Crippen molar-refractivity contribution in [3.05, 3.63) is 48.6 Å². The average molecular weight is 1190 g/mol. The summed E-state index contributed by atoms with van der Waals surface area (Å²) >= 11 is 0. The zero-order valence-electron chi connectivity index (χ0n) is 57.4. The number of nitrogens with one attached hydrogen (secondary N) is 1. The molecular weight excluding hydrogens is 1040 g/mol. The molecule has 0 aliphatic rings. The molecule has 6 nitrogen and oxygen atoms in total. The lowest BCUT2D eigenvalue weighted by molar-refractivity contribution is -0.143. The number of aliphatic hydroxyl groups is 2. The Kier molecular flexibility index (Phi) is 72.4. The molecule has 3 N–H and O–H groups in total. The molecule has 0 aliphatic carbocycles. The Morgan fingerprint density at radius 3 is 0.906 bits per heavy atom. The zero-order chi connectivity index (χ0) is 61.3. The Hall–Kier alpha value is -2.18. The molecule has 0 aromatic rings. The van der Waals surface area contributed by atoms with Crippen molar-refractivity contribution in [3.63, 3.8) is 0 Å². The first-order valence-electron chi connectivity index (χ1n) is 38.4. The average Bonchev–Trinajstić information content (AvgIpc) is 3.52. The van der Waals surface area contributed by atoms with Crippen LogP contribution in [0, 0.1) is 0 Å². The summed E-state index contributed by atoms with van der Waals surface area (Å²) in [4.78, 5) is 24.6. The summed E-state index contributed by atoms with van der Waals surface area (Å²) in [6.45, 7) is 4.93. The first-order valence-corrected chi connectivity index (χ1v) is 38.4. The lowest BCUT2D eigenvalue weighted by Crippen LogP contribution is -2.45. The van der Waals surface area contributed by atoms with E-state index in [1.54, 1.807) is 6.08 Å². The third-order valence-corrected chi connectivity index (χ3v) is 17.8. The highest BCUT2D eigenvalue weighted by Gasteiger charge is 2.18. The Bertz CT molecular complexity index is 1420. The topological polar surface area (TPSA) is 95.9 Å². The van der Waals surface area contributed by atoms with Crippen LogP contribution >= 0.6 is 0 Å². The van der Waals surface area contributed by atoms with Gasteiger partial charge >= 0.3 is 5.97 Å². The maximum absolute atomic E-state index is 12.5. The molecule has 0 aromatic heterocycles. The van der Waals surface area contributed by atoms with Crippen LogP contribution in [0.2, 0.25) is 0 Å². The fourth-order valence-electron chi connectivity index (χ4n) is 12.0. The highest BCUT2D eigenvalue weighted by molar-refractivity contribution is 5.76. The van der Waals surface area contributed by atoms with Gasteiger partial charge in [0.25, 0.3) is 0 Å². The summed E-state index contributed by atoms with van der Waals surface area (Å²) < 4.78 is 5.51. The predicted molar refractivity (Wildman–Crippen MR) is 375 cm³/mol. The SMILES string of the molecule is CCCCCCCC/C=C\CCCCCCCCCC(=O)OCCCCCCCCCCCCCCC/C=C\C/C=C\CCCCCCCCCCCCCCCCCCCC(=O)NC(CO)C(O)/C=C/CCCCCCCCCCCCCC. The van der Waals surface area contributed by atoms with Gasteiger partial charge in [-0.3, -0.25) is 9.59 Å². The summed E-state index contributed by atoms with van der Waals surface area (Å²) in [7, 11) is 0.